The van der Waals surface area contributed by atoms with Crippen molar-refractivity contribution < 1.29 is 23.9 Å². The maximum absolute atomic E-state index is 12.5. The number of rotatable bonds is 6. The third-order valence-electron chi connectivity index (χ3n) is 4.14. The summed E-state index contributed by atoms with van der Waals surface area (Å²) in [5.74, 6) is -1.52. The highest BCUT2D eigenvalue weighted by atomic mass is 16.5. The van der Waals surface area contributed by atoms with Crippen LogP contribution in [0.15, 0.2) is 24.3 Å². The van der Waals surface area contributed by atoms with E-state index >= 15 is 0 Å². The lowest BCUT2D eigenvalue weighted by Gasteiger charge is -2.23. The molecule has 1 aliphatic rings. The second-order valence-electron chi connectivity index (χ2n) is 7.79. The monoisotopic (exact) mass is 389 g/mol. The molecular formula is C20H27N3O5. The van der Waals surface area contributed by atoms with Crippen LogP contribution in [0.5, 0.6) is 0 Å². The Kier molecular flexibility index (Phi) is 6.77. The van der Waals surface area contributed by atoms with Gasteiger partial charge in [-0.15, -0.1) is 0 Å². The van der Waals surface area contributed by atoms with Crippen LogP contribution in [0.3, 0.4) is 0 Å². The number of amides is 3. The number of carbonyl (C=O) groups excluding carboxylic acids is 4. The van der Waals surface area contributed by atoms with Crippen LogP contribution >= 0.6 is 0 Å². The van der Waals surface area contributed by atoms with Gasteiger partial charge in [0.05, 0.1) is 17.8 Å². The molecule has 8 nitrogen and oxygen atoms in total. The van der Waals surface area contributed by atoms with E-state index < -0.39 is 24.0 Å². The molecule has 0 atom stereocenters. The zero-order chi connectivity index (χ0) is 20.9. The molecule has 0 radical (unpaired) electrons. The molecule has 1 heterocycles. The van der Waals surface area contributed by atoms with Gasteiger partial charge in [-0.2, -0.15) is 0 Å². The number of likely N-dealkylation sites (N-methyl/N-ethyl adjacent to an activating group) is 1. The van der Waals surface area contributed by atoms with Crippen molar-refractivity contribution in [3.05, 3.63) is 29.8 Å². The number of hydrogen-bond donors (Lipinski definition) is 1. The molecule has 1 N–H and O–H groups in total. The highest BCUT2D eigenvalue weighted by molar-refractivity contribution is 6.04. The second kappa shape index (κ2) is 8.86. The molecular weight excluding hydrogens is 362 g/mol. The molecule has 1 fully saturated rings. The largest absolute Gasteiger partial charge is 0.452 e. The number of anilines is 1. The summed E-state index contributed by atoms with van der Waals surface area (Å²) in [5.41, 5.74) is 0.323. The Hall–Kier alpha value is -2.90. The molecule has 0 spiro atoms. The molecule has 0 aliphatic carbocycles. The molecule has 2 rings (SSSR count). The molecule has 152 valence electrons. The highest BCUT2D eigenvalue weighted by Gasteiger charge is 2.26. The van der Waals surface area contributed by atoms with Gasteiger partial charge in [0.15, 0.2) is 6.61 Å². The second-order valence-corrected chi connectivity index (χ2v) is 7.79. The van der Waals surface area contributed by atoms with Gasteiger partial charge in [-0.3, -0.25) is 14.4 Å². The minimum Gasteiger partial charge on any atom is -0.452 e. The van der Waals surface area contributed by atoms with E-state index in [-0.39, 0.29) is 23.9 Å². The predicted molar refractivity (Wildman–Crippen MR) is 104 cm³/mol. The molecule has 8 heteroatoms. The summed E-state index contributed by atoms with van der Waals surface area (Å²) >= 11 is 0. The van der Waals surface area contributed by atoms with Crippen molar-refractivity contribution in [1.29, 1.82) is 0 Å². The Bertz CT molecular complexity index is 769. The summed E-state index contributed by atoms with van der Waals surface area (Å²) in [7, 11) is 1.47. The summed E-state index contributed by atoms with van der Waals surface area (Å²) in [5, 5.41) is 2.76. The standard InChI is InChI=1S/C20H27N3O5/c1-20(2,3)21-16(24)12-22(4)18(26)13-28-19(27)14-8-5-6-9-15(14)23-11-7-10-17(23)25/h5-6,8-9H,7,10-13H2,1-4H3,(H,21,24). The normalized spacial score (nSPS) is 14.0. The first-order valence-corrected chi connectivity index (χ1v) is 9.20. The lowest BCUT2D eigenvalue weighted by molar-refractivity contribution is -0.137. The fourth-order valence-electron chi connectivity index (χ4n) is 2.86. The molecule has 1 saturated heterocycles. The molecule has 0 bridgehead atoms. The SMILES string of the molecule is CN(CC(=O)NC(C)(C)C)C(=O)COC(=O)c1ccccc1N1CCCC1=O. The number of hydrogen-bond acceptors (Lipinski definition) is 5. The van der Waals surface area contributed by atoms with Crippen molar-refractivity contribution in [2.24, 2.45) is 0 Å². The number of carbonyl (C=O) groups is 4. The zero-order valence-electron chi connectivity index (χ0n) is 16.8. The van der Waals surface area contributed by atoms with E-state index in [0.717, 1.165) is 6.42 Å². The van der Waals surface area contributed by atoms with Gasteiger partial charge in [-0.05, 0) is 39.3 Å². The van der Waals surface area contributed by atoms with Crippen molar-refractivity contribution in [2.45, 2.75) is 39.2 Å². The van der Waals surface area contributed by atoms with Gasteiger partial charge in [0.25, 0.3) is 5.91 Å². The van der Waals surface area contributed by atoms with Crippen LogP contribution in [-0.2, 0) is 19.1 Å². The van der Waals surface area contributed by atoms with Gasteiger partial charge in [0.2, 0.25) is 11.8 Å². The molecule has 0 aromatic heterocycles. The average Bonchev–Trinajstić information content (AvgIpc) is 3.03. The van der Waals surface area contributed by atoms with Gasteiger partial charge in [0.1, 0.15) is 0 Å². The highest BCUT2D eigenvalue weighted by Crippen LogP contribution is 2.25. The minimum atomic E-state index is -0.684. The Balaban J connectivity index is 1.94. The van der Waals surface area contributed by atoms with E-state index in [1.54, 1.807) is 29.2 Å². The van der Waals surface area contributed by atoms with Gasteiger partial charge in [-0.1, -0.05) is 12.1 Å². The first-order valence-electron chi connectivity index (χ1n) is 9.20. The molecule has 1 aromatic carbocycles. The number of esters is 1. The maximum atomic E-state index is 12.5. The lowest BCUT2D eigenvalue weighted by atomic mass is 10.1. The summed E-state index contributed by atoms with van der Waals surface area (Å²) in [6.07, 6.45) is 1.19. The van der Waals surface area contributed by atoms with E-state index in [0.29, 0.717) is 18.7 Å². The fraction of sp³-hybridized carbons (Fsp3) is 0.500. The Morgan fingerprint density at radius 3 is 2.50 bits per heavy atom. The number of ether oxygens (including phenoxy) is 1. The van der Waals surface area contributed by atoms with Gasteiger partial charge in [0, 0.05) is 25.6 Å². The summed E-state index contributed by atoms with van der Waals surface area (Å²) < 4.78 is 5.13. The smallest absolute Gasteiger partial charge is 0.340 e. The van der Waals surface area contributed by atoms with Crippen LogP contribution in [0.25, 0.3) is 0 Å². The predicted octanol–water partition coefficient (Wildman–Crippen LogP) is 1.34. The fourth-order valence-corrected chi connectivity index (χ4v) is 2.86. The molecule has 0 saturated carbocycles. The van der Waals surface area contributed by atoms with Crippen LogP contribution in [0.4, 0.5) is 5.69 Å². The quantitative estimate of drug-likeness (QED) is 0.741. The first-order chi connectivity index (χ1) is 13.1. The topological polar surface area (TPSA) is 96.0 Å². The Morgan fingerprint density at radius 1 is 1.21 bits per heavy atom. The molecule has 28 heavy (non-hydrogen) atoms. The number of nitrogens with zero attached hydrogens (tertiary/aromatic N) is 2. The van der Waals surface area contributed by atoms with E-state index in [1.165, 1.54) is 11.9 Å². The number of benzene rings is 1. The van der Waals surface area contributed by atoms with Gasteiger partial charge >= 0.3 is 5.97 Å². The van der Waals surface area contributed by atoms with E-state index in [4.69, 9.17) is 4.74 Å². The van der Waals surface area contributed by atoms with Crippen LogP contribution in [0, 0.1) is 0 Å². The molecule has 3 amide bonds. The lowest BCUT2D eigenvalue weighted by Crippen LogP contribution is -2.46. The van der Waals surface area contributed by atoms with Crippen LogP contribution in [0.1, 0.15) is 44.0 Å². The summed E-state index contributed by atoms with van der Waals surface area (Å²) in [6.45, 7) is 5.46. The van der Waals surface area contributed by atoms with E-state index in [2.05, 4.69) is 5.32 Å². The summed E-state index contributed by atoms with van der Waals surface area (Å²) in [6, 6.07) is 6.66. The molecule has 1 aromatic rings. The Labute approximate surface area is 164 Å². The van der Waals surface area contributed by atoms with E-state index in [1.807, 2.05) is 20.8 Å². The first kappa shape index (κ1) is 21.4. The summed E-state index contributed by atoms with van der Waals surface area (Å²) in [4.78, 5) is 51.3. The number of nitrogens with one attached hydrogen (secondary N) is 1. The number of para-hydroxylation sites is 1. The van der Waals surface area contributed by atoms with Crippen LogP contribution < -0.4 is 10.2 Å². The third kappa shape index (κ3) is 5.80. The van der Waals surface area contributed by atoms with Crippen LogP contribution in [0.2, 0.25) is 0 Å². The third-order valence-corrected chi connectivity index (χ3v) is 4.14. The Morgan fingerprint density at radius 2 is 1.89 bits per heavy atom. The minimum absolute atomic E-state index is 0.0408. The van der Waals surface area contributed by atoms with Gasteiger partial charge in [-0.25, -0.2) is 4.79 Å². The molecule has 0 unspecified atom stereocenters. The van der Waals surface area contributed by atoms with E-state index in [9.17, 15) is 19.2 Å². The maximum Gasteiger partial charge on any atom is 0.340 e. The zero-order valence-corrected chi connectivity index (χ0v) is 16.8. The van der Waals surface area contributed by atoms with Crippen molar-refractivity contribution in [1.82, 2.24) is 10.2 Å². The van der Waals surface area contributed by atoms with Crippen molar-refractivity contribution >= 4 is 29.4 Å². The van der Waals surface area contributed by atoms with Crippen molar-refractivity contribution in [3.8, 4) is 0 Å². The average molecular weight is 389 g/mol. The van der Waals surface area contributed by atoms with Crippen molar-refractivity contribution in [2.75, 3.05) is 31.6 Å². The van der Waals surface area contributed by atoms with Gasteiger partial charge < -0.3 is 19.9 Å². The van der Waals surface area contributed by atoms with Crippen LogP contribution in [-0.4, -0.2) is 60.9 Å². The molecule has 1 aliphatic heterocycles. The van der Waals surface area contributed by atoms with Crippen molar-refractivity contribution in [3.63, 3.8) is 0 Å².